The highest BCUT2D eigenvalue weighted by molar-refractivity contribution is 5.92. The average molecular weight is 340 g/mol. The quantitative estimate of drug-likeness (QED) is 0.855. The SMILES string of the molecule is CN(C)C(=O)c1nnn(-c2ccc(NC(=O)[C@H]3CC=CCC3)cc2)n1. The fourth-order valence-corrected chi connectivity index (χ4v) is 2.56. The molecule has 0 spiro atoms. The largest absolute Gasteiger partial charge is 0.342 e. The van der Waals surface area contributed by atoms with Crippen LogP contribution in [-0.4, -0.2) is 51.0 Å². The van der Waals surface area contributed by atoms with Gasteiger partial charge >= 0.3 is 0 Å². The highest BCUT2D eigenvalue weighted by Crippen LogP contribution is 2.20. The number of allylic oxidation sites excluding steroid dienone is 2. The average Bonchev–Trinajstić information content (AvgIpc) is 3.12. The molecule has 25 heavy (non-hydrogen) atoms. The molecule has 2 aromatic rings. The number of hydrogen-bond donors (Lipinski definition) is 1. The number of tetrazole rings is 1. The zero-order valence-electron chi connectivity index (χ0n) is 14.2. The van der Waals surface area contributed by atoms with E-state index in [-0.39, 0.29) is 23.6 Å². The predicted octanol–water partition coefficient (Wildman–Crippen LogP) is 1.66. The molecule has 0 fully saturated rings. The molecule has 0 saturated carbocycles. The van der Waals surface area contributed by atoms with Crippen molar-refractivity contribution in [2.75, 3.05) is 19.4 Å². The molecule has 130 valence electrons. The van der Waals surface area contributed by atoms with E-state index >= 15 is 0 Å². The molecule has 8 nitrogen and oxygen atoms in total. The lowest BCUT2D eigenvalue weighted by atomic mass is 9.93. The van der Waals surface area contributed by atoms with Crippen molar-refractivity contribution in [3.05, 3.63) is 42.2 Å². The van der Waals surface area contributed by atoms with Crippen LogP contribution in [0.2, 0.25) is 0 Å². The van der Waals surface area contributed by atoms with Gasteiger partial charge in [-0.15, -0.1) is 15.0 Å². The van der Waals surface area contributed by atoms with Crippen LogP contribution < -0.4 is 5.32 Å². The third kappa shape index (κ3) is 3.90. The van der Waals surface area contributed by atoms with Gasteiger partial charge in [0.05, 0.1) is 5.69 Å². The normalized spacial score (nSPS) is 16.5. The maximum absolute atomic E-state index is 12.2. The Balaban J connectivity index is 1.67. The van der Waals surface area contributed by atoms with Crippen LogP contribution in [0.15, 0.2) is 36.4 Å². The van der Waals surface area contributed by atoms with Crippen molar-refractivity contribution in [2.45, 2.75) is 19.3 Å². The van der Waals surface area contributed by atoms with Crippen molar-refractivity contribution in [3.8, 4) is 5.69 Å². The Hall–Kier alpha value is -3.03. The molecule has 0 unspecified atom stereocenters. The lowest BCUT2D eigenvalue weighted by Gasteiger charge is -2.17. The molecule has 0 bridgehead atoms. The summed E-state index contributed by atoms with van der Waals surface area (Å²) in [5.74, 6) is -0.208. The van der Waals surface area contributed by atoms with E-state index in [9.17, 15) is 9.59 Å². The number of carbonyl (C=O) groups is 2. The first kappa shape index (κ1) is 16.8. The summed E-state index contributed by atoms with van der Waals surface area (Å²) in [4.78, 5) is 26.7. The maximum Gasteiger partial charge on any atom is 0.294 e. The van der Waals surface area contributed by atoms with Crippen LogP contribution in [0.5, 0.6) is 0 Å². The smallest absolute Gasteiger partial charge is 0.294 e. The van der Waals surface area contributed by atoms with Crippen LogP contribution in [0.25, 0.3) is 5.69 Å². The van der Waals surface area contributed by atoms with Gasteiger partial charge in [0.25, 0.3) is 11.7 Å². The summed E-state index contributed by atoms with van der Waals surface area (Å²) in [6, 6.07) is 7.09. The summed E-state index contributed by atoms with van der Waals surface area (Å²) < 4.78 is 0. The summed E-state index contributed by atoms with van der Waals surface area (Å²) in [5, 5.41) is 14.7. The van der Waals surface area contributed by atoms with Gasteiger partial charge < -0.3 is 10.2 Å². The first-order chi connectivity index (χ1) is 12.0. The number of carbonyl (C=O) groups excluding carboxylic acids is 2. The first-order valence-corrected chi connectivity index (χ1v) is 8.12. The Kier molecular flexibility index (Phi) is 4.87. The molecule has 0 aliphatic heterocycles. The molecule has 1 aliphatic rings. The molecule has 1 aromatic heterocycles. The molecule has 3 rings (SSSR count). The van der Waals surface area contributed by atoms with Crippen molar-refractivity contribution in [2.24, 2.45) is 5.92 Å². The maximum atomic E-state index is 12.2. The van der Waals surface area contributed by atoms with Crippen LogP contribution >= 0.6 is 0 Å². The van der Waals surface area contributed by atoms with Crippen molar-refractivity contribution >= 4 is 17.5 Å². The Morgan fingerprint density at radius 2 is 1.96 bits per heavy atom. The van der Waals surface area contributed by atoms with E-state index in [1.807, 2.05) is 0 Å². The van der Waals surface area contributed by atoms with E-state index in [1.165, 1.54) is 9.70 Å². The molecule has 1 aromatic carbocycles. The number of aromatic nitrogens is 4. The molecule has 0 saturated heterocycles. The van der Waals surface area contributed by atoms with Crippen LogP contribution in [-0.2, 0) is 4.79 Å². The van der Waals surface area contributed by atoms with E-state index in [2.05, 4.69) is 32.9 Å². The standard InChI is InChI=1S/C17H20N6O2/c1-22(2)17(25)15-19-21-23(20-15)14-10-8-13(9-11-14)18-16(24)12-6-4-3-5-7-12/h3-4,8-12H,5-7H2,1-2H3,(H,18,24)/t12-/m0/s1. The van der Waals surface area contributed by atoms with Crippen LogP contribution in [0.4, 0.5) is 5.69 Å². The van der Waals surface area contributed by atoms with Gasteiger partial charge in [0, 0.05) is 25.7 Å². The molecular weight excluding hydrogens is 320 g/mol. The molecule has 1 N–H and O–H groups in total. The summed E-state index contributed by atoms with van der Waals surface area (Å²) in [5.41, 5.74) is 1.37. The van der Waals surface area contributed by atoms with Gasteiger partial charge in [-0.25, -0.2) is 0 Å². The van der Waals surface area contributed by atoms with E-state index in [0.29, 0.717) is 11.4 Å². The zero-order valence-corrected chi connectivity index (χ0v) is 14.2. The molecule has 0 radical (unpaired) electrons. The molecule has 1 heterocycles. The van der Waals surface area contributed by atoms with Crippen LogP contribution in [0, 0.1) is 5.92 Å². The second-order valence-corrected chi connectivity index (χ2v) is 6.12. The molecule has 1 atom stereocenters. The highest BCUT2D eigenvalue weighted by Gasteiger charge is 2.19. The monoisotopic (exact) mass is 340 g/mol. The molecule has 2 amide bonds. The van der Waals surface area contributed by atoms with E-state index in [4.69, 9.17) is 0 Å². The number of benzene rings is 1. The third-order valence-corrected chi connectivity index (χ3v) is 4.02. The Labute approximate surface area is 145 Å². The Morgan fingerprint density at radius 3 is 2.60 bits per heavy atom. The number of nitrogens with zero attached hydrogens (tertiary/aromatic N) is 5. The van der Waals surface area contributed by atoms with Gasteiger partial charge in [-0.3, -0.25) is 9.59 Å². The van der Waals surface area contributed by atoms with Crippen LogP contribution in [0.1, 0.15) is 29.9 Å². The first-order valence-electron chi connectivity index (χ1n) is 8.12. The van der Waals surface area contributed by atoms with Crippen LogP contribution in [0.3, 0.4) is 0 Å². The van der Waals surface area contributed by atoms with E-state index in [1.54, 1.807) is 38.4 Å². The number of rotatable bonds is 4. The highest BCUT2D eigenvalue weighted by atomic mass is 16.2. The topological polar surface area (TPSA) is 93.0 Å². The second-order valence-electron chi connectivity index (χ2n) is 6.12. The van der Waals surface area contributed by atoms with Gasteiger partial charge in [0.2, 0.25) is 5.91 Å². The molecule has 8 heteroatoms. The van der Waals surface area contributed by atoms with Gasteiger partial charge in [-0.2, -0.15) is 0 Å². The fourth-order valence-electron chi connectivity index (χ4n) is 2.56. The van der Waals surface area contributed by atoms with Crippen molar-refractivity contribution in [1.29, 1.82) is 0 Å². The minimum absolute atomic E-state index is 0.0289. The Morgan fingerprint density at radius 1 is 1.20 bits per heavy atom. The van der Waals surface area contributed by atoms with Gasteiger partial charge in [-0.05, 0) is 48.7 Å². The summed E-state index contributed by atoms with van der Waals surface area (Å²) >= 11 is 0. The van der Waals surface area contributed by atoms with E-state index < -0.39 is 0 Å². The number of nitrogens with one attached hydrogen (secondary N) is 1. The number of anilines is 1. The van der Waals surface area contributed by atoms with Gasteiger partial charge in [0.15, 0.2) is 0 Å². The molecular formula is C17H20N6O2. The van der Waals surface area contributed by atoms with Crippen molar-refractivity contribution < 1.29 is 9.59 Å². The number of amides is 2. The minimum atomic E-state index is -0.309. The van der Waals surface area contributed by atoms with Gasteiger partial charge in [0.1, 0.15) is 0 Å². The third-order valence-electron chi connectivity index (χ3n) is 4.02. The summed E-state index contributed by atoms with van der Waals surface area (Å²) in [6.07, 6.45) is 6.78. The van der Waals surface area contributed by atoms with Crippen molar-refractivity contribution in [1.82, 2.24) is 25.1 Å². The lowest BCUT2D eigenvalue weighted by molar-refractivity contribution is -0.120. The zero-order chi connectivity index (χ0) is 17.8. The summed E-state index contributed by atoms with van der Waals surface area (Å²) in [6.45, 7) is 0. The minimum Gasteiger partial charge on any atom is -0.342 e. The van der Waals surface area contributed by atoms with Crippen molar-refractivity contribution in [3.63, 3.8) is 0 Å². The lowest BCUT2D eigenvalue weighted by Crippen LogP contribution is -2.23. The Bertz CT molecular complexity index is 794. The van der Waals surface area contributed by atoms with Gasteiger partial charge in [-0.1, -0.05) is 12.2 Å². The fraction of sp³-hybridized carbons (Fsp3) is 0.353. The predicted molar refractivity (Wildman–Crippen MR) is 92.3 cm³/mol. The summed E-state index contributed by atoms with van der Waals surface area (Å²) in [7, 11) is 3.26. The second kappa shape index (κ2) is 7.25. The number of hydrogen-bond acceptors (Lipinski definition) is 5. The molecule has 1 aliphatic carbocycles. The van der Waals surface area contributed by atoms with E-state index in [0.717, 1.165) is 19.3 Å².